The fourth-order valence-corrected chi connectivity index (χ4v) is 3.63. The second kappa shape index (κ2) is 4.04. The molecule has 1 unspecified atom stereocenters. The topological polar surface area (TPSA) is 57.6 Å². The average Bonchev–Trinajstić information content (AvgIpc) is 2.66. The van der Waals surface area contributed by atoms with Gasteiger partial charge in [0.25, 0.3) is 0 Å². The predicted octanol–water partition coefficient (Wildman–Crippen LogP) is 0.959. The van der Waals surface area contributed by atoms with Crippen LogP contribution in [0.2, 0.25) is 0 Å². The van der Waals surface area contributed by atoms with Gasteiger partial charge in [-0.3, -0.25) is 4.79 Å². The van der Waals surface area contributed by atoms with Crippen molar-refractivity contribution in [2.24, 2.45) is 0 Å². The first kappa shape index (κ1) is 10.8. The van der Waals surface area contributed by atoms with Crippen LogP contribution in [-0.2, 0) is 9.59 Å². The number of likely N-dealkylation sites (tertiary alicyclic amines) is 1. The highest BCUT2D eigenvalue weighted by atomic mass is 32.2. The first-order valence-corrected chi connectivity index (χ1v) is 6.44. The minimum atomic E-state index is -0.906. The van der Waals surface area contributed by atoms with Crippen LogP contribution in [0.4, 0.5) is 0 Å². The van der Waals surface area contributed by atoms with Gasteiger partial charge >= 0.3 is 5.97 Å². The van der Waals surface area contributed by atoms with Crippen LogP contribution in [0.25, 0.3) is 0 Å². The van der Waals surface area contributed by atoms with E-state index in [2.05, 4.69) is 0 Å². The van der Waals surface area contributed by atoms with Gasteiger partial charge in [-0.2, -0.15) is 11.8 Å². The summed E-state index contributed by atoms with van der Waals surface area (Å²) in [5.74, 6) is 0.746. The van der Waals surface area contributed by atoms with E-state index in [4.69, 9.17) is 0 Å². The normalized spacial score (nSPS) is 32.0. The Morgan fingerprint density at radius 1 is 1.47 bits per heavy atom. The van der Waals surface area contributed by atoms with Crippen molar-refractivity contribution in [3.8, 4) is 0 Å². The standard InChI is InChI=1S/C10H15NO3S/c12-8-3-1-5-11(8)10(9(13)14)4-2-6-15-7-10/h1-7H2,(H,13,14). The molecule has 0 saturated carbocycles. The third-order valence-electron chi connectivity index (χ3n) is 3.21. The maximum absolute atomic E-state index is 11.6. The molecular weight excluding hydrogens is 214 g/mol. The van der Waals surface area contributed by atoms with E-state index in [1.165, 1.54) is 0 Å². The summed E-state index contributed by atoms with van der Waals surface area (Å²) in [6.45, 7) is 0.617. The van der Waals surface area contributed by atoms with Gasteiger partial charge in [-0.05, 0) is 25.0 Å². The molecule has 1 amide bonds. The molecule has 4 nitrogen and oxygen atoms in total. The Balaban J connectivity index is 2.24. The maximum atomic E-state index is 11.6. The average molecular weight is 229 g/mol. The van der Waals surface area contributed by atoms with E-state index in [0.29, 0.717) is 25.1 Å². The lowest BCUT2D eigenvalue weighted by molar-refractivity contribution is -0.156. The Hall–Kier alpha value is -0.710. The van der Waals surface area contributed by atoms with Crippen molar-refractivity contribution in [3.05, 3.63) is 0 Å². The third kappa shape index (κ3) is 1.73. The summed E-state index contributed by atoms with van der Waals surface area (Å²) in [4.78, 5) is 24.6. The van der Waals surface area contributed by atoms with E-state index in [1.54, 1.807) is 16.7 Å². The van der Waals surface area contributed by atoms with Crippen molar-refractivity contribution in [3.63, 3.8) is 0 Å². The van der Waals surface area contributed by atoms with Crippen molar-refractivity contribution >= 4 is 23.6 Å². The molecule has 0 bridgehead atoms. The van der Waals surface area contributed by atoms with Gasteiger partial charge in [0, 0.05) is 18.7 Å². The first-order chi connectivity index (χ1) is 7.17. The number of carboxylic acid groups (broad SMARTS) is 1. The van der Waals surface area contributed by atoms with Gasteiger partial charge < -0.3 is 10.0 Å². The minimum Gasteiger partial charge on any atom is -0.479 e. The summed E-state index contributed by atoms with van der Waals surface area (Å²) in [5.41, 5.74) is -0.906. The number of hydrogen-bond donors (Lipinski definition) is 1. The van der Waals surface area contributed by atoms with Crippen LogP contribution in [0.15, 0.2) is 0 Å². The fraction of sp³-hybridized carbons (Fsp3) is 0.800. The molecule has 5 heteroatoms. The molecule has 0 aromatic carbocycles. The van der Waals surface area contributed by atoms with E-state index in [0.717, 1.165) is 18.6 Å². The number of nitrogens with zero attached hydrogens (tertiary/aromatic N) is 1. The van der Waals surface area contributed by atoms with Crippen molar-refractivity contribution < 1.29 is 14.7 Å². The largest absolute Gasteiger partial charge is 0.479 e. The van der Waals surface area contributed by atoms with Gasteiger partial charge in [-0.25, -0.2) is 4.79 Å². The zero-order chi connectivity index (χ0) is 10.9. The smallest absolute Gasteiger partial charge is 0.330 e. The molecule has 15 heavy (non-hydrogen) atoms. The van der Waals surface area contributed by atoms with Crippen molar-refractivity contribution in [1.82, 2.24) is 4.90 Å². The van der Waals surface area contributed by atoms with Gasteiger partial charge in [-0.15, -0.1) is 0 Å². The highest BCUT2D eigenvalue weighted by molar-refractivity contribution is 7.99. The summed E-state index contributed by atoms with van der Waals surface area (Å²) in [7, 11) is 0. The zero-order valence-corrected chi connectivity index (χ0v) is 9.39. The molecule has 2 saturated heterocycles. The molecule has 0 aliphatic carbocycles. The monoisotopic (exact) mass is 229 g/mol. The van der Waals surface area contributed by atoms with E-state index in [1.807, 2.05) is 0 Å². The van der Waals surface area contributed by atoms with Gasteiger partial charge in [0.1, 0.15) is 5.54 Å². The molecule has 84 valence electrons. The molecule has 2 heterocycles. The highest BCUT2D eigenvalue weighted by Gasteiger charge is 2.48. The van der Waals surface area contributed by atoms with Crippen LogP contribution < -0.4 is 0 Å². The highest BCUT2D eigenvalue weighted by Crippen LogP contribution is 2.35. The van der Waals surface area contributed by atoms with Crippen LogP contribution in [0.1, 0.15) is 25.7 Å². The molecule has 0 aromatic heterocycles. The Kier molecular flexibility index (Phi) is 2.91. The Morgan fingerprint density at radius 3 is 2.73 bits per heavy atom. The van der Waals surface area contributed by atoms with Crippen LogP contribution in [0.5, 0.6) is 0 Å². The Morgan fingerprint density at radius 2 is 2.27 bits per heavy atom. The van der Waals surface area contributed by atoms with Crippen LogP contribution >= 0.6 is 11.8 Å². The number of hydrogen-bond acceptors (Lipinski definition) is 3. The molecule has 0 radical (unpaired) electrons. The number of aliphatic carboxylic acids is 1. The van der Waals surface area contributed by atoms with Gasteiger partial charge in [0.15, 0.2) is 0 Å². The molecule has 1 atom stereocenters. The fourth-order valence-electron chi connectivity index (χ4n) is 2.38. The molecule has 0 aromatic rings. The summed E-state index contributed by atoms with van der Waals surface area (Å²) >= 11 is 1.64. The zero-order valence-electron chi connectivity index (χ0n) is 8.57. The third-order valence-corrected chi connectivity index (χ3v) is 4.47. The van der Waals surface area contributed by atoms with Gasteiger partial charge in [0.2, 0.25) is 5.91 Å². The molecule has 2 aliphatic rings. The minimum absolute atomic E-state index is 0.0138. The van der Waals surface area contributed by atoms with E-state index in [9.17, 15) is 14.7 Å². The second-order valence-electron chi connectivity index (χ2n) is 4.14. The Labute approximate surface area is 93.0 Å². The molecule has 1 N–H and O–H groups in total. The van der Waals surface area contributed by atoms with E-state index < -0.39 is 11.5 Å². The lowest BCUT2D eigenvalue weighted by Crippen LogP contribution is -2.58. The lowest BCUT2D eigenvalue weighted by atomic mass is 9.93. The molecule has 2 rings (SSSR count). The molecule has 2 aliphatic heterocycles. The summed E-state index contributed by atoms with van der Waals surface area (Å²) in [6, 6.07) is 0. The predicted molar refractivity (Wildman–Crippen MR) is 57.9 cm³/mol. The summed E-state index contributed by atoms with van der Waals surface area (Å²) < 4.78 is 0. The quantitative estimate of drug-likeness (QED) is 0.766. The van der Waals surface area contributed by atoms with Crippen molar-refractivity contribution in [2.75, 3.05) is 18.1 Å². The number of amides is 1. The van der Waals surface area contributed by atoms with Gasteiger partial charge in [0.05, 0.1) is 0 Å². The van der Waals surface area contributed by atoms with Crippen LogP contribution in [0, 0.1) is 0 Å². The number of thioether (sulfide) groups is 1. The maximum Gasteiger partial charge on any atom is 0.330 e. The van der Waals surface area contributed by atoms with E-state index >= 15 is 0 Å². The second-order valence-corrected chi connectivity index (χ2v) is 5.25. The lowest BCUT2D eigenvalue weighted by Gasteiger charge is -2.40. The van der Waals surface area contributed by atoms with Crippen molar-refractivity contribution in [2.45, 2.75) is 31.2 Å². The summed E-state index contributed by atoms with van der Waals surface area (Å²) in [6.07, 6.45) is 2.82. The molecular formula is C10H15NO3S. The number of rotatable bonds is 2. The SMILES string of the molecule is O=C1CCCN1C1(C(=O)O)CCCSC1. The number of carboxylic acids is 1. The molecule has 0 spiro atoms. The van der Waals surface area contributed by atoms with E-state index in [-0.39, 0.29) is 5.91 Å². The number of carbonyl (C=O) groups excluding carboxylic acids is 1. The molecule has 2 fully saturated rings. The van der Waals surface area contributed by atoms with Crippen molar-refractivity contribution in [1.29, 1.82) is 0 Å². The Bertz CT molecular complexity index is 286. The van der Waals surface area contributed by atoms with Crippen LogP contribution in [-0.4, -0.2) is 45.5 Å². The number of carbonyl (C=O) groups is 2. The van der Waals surface area contributed by atoms with Gasteiger partial charge in [-0.1, -0.05) is 0 Å². The first-order valence-electron chi connectivity index (χ1n) is 5.28. The summed E-state index contributed by atoms with van der Waals surface area (Å²) in [5, 5.41) is 9.36. The van der Waals surface area contributed by atoms with Crippen LogP contribution in [0.3, 0.4) is 0 Å².